The summed E-state index contributed by atoms with van der Waals surface area (Å²) in [5.41, 5.74) is 2.86. The molecule has 0 spiro atoms. The molecule has 0 unspecified atom stereocenters. The Morgan fingerprint density at radius 2 is 1.89 bits per heavy atom. The molecule has 2 aromatic carbocycles. The van der Waals surface area contributed by atoms with Crippen molar-refractivity contribution in [3.8, 4) is 5.75 Å². The highest BCUT2D eigenvalue weighted by atomic mass is 79.9. The lowest BCUT2D eigenvalue weighted by atomic mass is 9.99. The second kappa shape index (κ2) is 6.27. The van der Waals surface area contributed by atoms with Gasteiger partial charge in [0.2, 0.25) is 0 Å². The molecule has 0 radical (unpaired) electrons. The fourth-order valence-corrected chi connectivity index (χ4v) is 2.40. The van der Waals surface area contributed by atoms with Gasteiger partial charge in [-0.25, -0.2) is 0 Å². The first-order valence-corrected chi connectivity index (χ1v) is 7.16. The molecule has 2 aromatic rings. The second-order valence-electron chi connectivity index (χ2n) is 4.06. The van der Waals surface area contributed by atoms with Crippen molar-refractivity contribution in [3.05, 3.63) is 69.7 Å². The molecular formula is C16H14BrClO. The van der Waals surface area contributed by atoms with Gasteiger partial charge in [0.1, 0.15) is 5.75 Å². The molecule has 98 valence electrons. The molecule has 0 aliphatic heterocycles. The average molecular weight is 338 g/mol. The topological polar surface area (TPSA) is 9.23 Å². The highest BCUT2D eigenvalue weighted by Crippen LogP contribution is 2.31. The molecule has 0 N–H and O–H groups in total. The van der Waals surface area contributed by atoms with Crippen LogP contribution < -0.4 is 4.74 Å². The fourth-order valence-electron chi connectivity index (χ4n) is 1.80. The lowest BCUT2D eigenvalue weighted by Gasteiger charge is -2.10. The summed E-state index contributed by atoms with van der Waals surface area (Å²) >= 11 is 9.67. The van der Waals surface area contributed by atoms with Gasteiger partial charge in [0.25, 0.3) is 0 Å². The number of rotatable bonds is 4. The Hall–Kier alpha value is -1.25. The number of benzene rings is 2. The van der Waals surface area contributed by atoms with E-state index in [1.807, 2.05) is 49.4 Å². The predicted octanol–water partition coefficient (Wildman–Crippen LogP) is 5.56. The Bertz CT molecular complexity index is 590. The van der Waals surface area contributed by atoms with Crippen LogP contribution in [0, 0.1) is 0 Å². The van der Waals surface area contributed by atoms with Crippen LogP contribution in [0.1, 0.15) is 18.1 Å². The van der Waals surface area contributed by atoms with Crippen LogP contribution >= 0.6 is 27.5 Å². The van der Waals surface area contributed by atoms with E-state index in [1.165, 1.54) is 0 Å². The van der Waals surface area contributed by atoms with Gasteiger partial charge in [-0.2, -0.15) is 0 Å². The largest absolute Gasteiger partial charge is 0.494 e. The van der Waals surface area contributed by atoms with Gasteiger partial charge in [0, 0.05) is 15.1 Å². The van der Waals surface area contributed by atoms with E-state index in [2.05, 4.69) is 22.5 Å². The van der Waals surface area contributed by atoms with Crippen LogP contribution in [0.5, 0.6) is 5.75 Å². The van der Waals surface area contributed by atoms with Gasteiger partial charge in [-0.1, -0.05) is 46.2 Å². The minimum absolute atomic E-state index is 0.664. The van der Waals surface area contributed by atoms with E-state index in [0.29, 0.717) is 11.6 Å². The van der Waals surface area contributed by atoms with Crippen molar-refractivity contribution in [3.63, 3.8) is 0 Å². The summed E-state index contributed by atoms with van der Waals surface area (Å²) in [7, 11) is 0. The van der Waals surface area contributed by atoms with Gasteiger partial charge in [0.05, 0.1) is 6.61 Å². The average Bonchev–Trinajstić information content (AvgIpc) is 2.42. The van der Waals surface area contributed by atoms with Crippen molar-refractivity contribution < 1.29 is 4.74 Å². The Labute approximate surface area is 127 Å². The first-order valence-electron chi connectivity index (χ1n) is 5.99. The molecule has 0 saturated heterocycles. The Morgan fingerprint density at radius 1 is 1.21 bits per heavy atom. The molecule has 19 heavy (non-hydrogen) atoms. The first kappa shape index (κ1) is 14.2. The maximum atomic E-state index is 6.22. The molecule has 0 aliphatic carbocycles. The lowest BCUT2D eigenvalue weighted by Crippen LogP contribution is -1.92. The summed E-state index contributed by atoms with van der Waals surface area (Å²) in [5.74, 6) is 0.861. The van der Waals surface area contributed by atoms with Crippen LogP contribution in [0.4, 0.5) is 0 Å². The smallest absolute Gasteiger partial charge is 0.119 e. The third kappa shape index (κ3) is 3.40. The van der Waals surface area contributed by atoms with Crippen LogP contribution in [0.15, 0.2) is 53.5 Å². The van der Waals surface area contributed by atoms with Crippen molar-refractivity contribution in [2.75, 3.05) is 6.61 Å². The SMILES string of the molecule is C=C(c1ccc(OCC)cc1)c1cc(Br)ccc1Cl. The van der Waals surface area contributed by atoms with E-state index in [0.717, 1.165) is 26.9 Å². The molecule has 1 nitrogen and oxygen atoms in total. The third-order valence-electron chi connectivity index (χ3n) is 2.77. The molecule has 3 heteroatoms. The van der Waals surface area contributed by atoms with Gasteiger partial charge < -0.3 is 4.74 Å². The predicted molar refractivity (Wildman–Crippen MR) is 84.9 cm³/mol. The van der Waals surface area contributed by atoms with Crippen LogP contribution in [0.3, 0.4) is 0 Å². The van der Waals surface area contributed by atoms with E-state index in [1.54, 1.807) is 0 Å². The van der Waals surface area contributed by atoms with Crippen LogP contribution in [0.25, 0.3) is 5.57 Å². The Morgan fingerprint density at radius 3 is 2.53 bits per heavy atom. The van der Waals surface area contributed by atoms with Crippen molar-refractivity contribution in [1.29, 1.82) is 0 Å². The molecule has 0 aliphatic rings. The first-order chi connectivity index (χ1) is 9.11. The van der Waals surface area contributed by atoms with E-state index in [4.69, 9.17) is 16.3 Å². The molecule has 0 saturated carbocycles. The molecule has 0 aromatic heterocycles. The van der Waals surface area contributed by atoms with E-state index in [9.17, 15) is 0 Å². The summed E-state index contributed by atoms with van der Waals surface area (Å²) in [4.78, 5) is 0. The van der Waals surface area contributed by atoms with Crippen molar-refractivity contribution in [2.45, 2.75) is 6.92 Å². The van der Waals surface area contributed by atoms with Gasteiger partial charge in [-0.3, -0.25) is 0 Å². The summed E-state index contributed by atoms with van der Waals surface area (Å²) in [5, 5.41) is 0.696. The zero-order chi connectivity index (χ0) is 13.8. The third-order valence-corrected chi connectivity index (χ3v) is 3.59. The quantitative estimate of drug-likeness (QED) is 0.709. The number of hydrogen-bond donors (Lipinski definition) is 0. The van der Waals surface area contributed by atoms with Crippen LogP contribution in [-0.2, 0) is 0 Å². The number of halogens is 2. The van der Waals surface area contributed by atoms with Gasteiger partial charge in [-0.05, 0) is 48.4 Å². The number of hydrogen-bond acceptors (Lipinski definition) is 1. The zero-order valence-corrected chi connectivity index (χ0v) is 13.0. The maximum absolute atomic E-state index is 6.22. The molecule has 0 fully saturated rings. The lowest BCUT2D eigenvalue weighted by molar-refractivity contribution is 0.340. The maximum Gasteiger partial charge on any atom is 0.119 e. The standard InChI is InChI=1S/C16H14BrClO/c1-3-19-14-7-4-12(5-8-14)11(2)15-10-13(17)6-9-16(15)18/h4-10H,2-3H2,1H3. The van der Waals surface area contributed by atoms with Crippen molar-refractivity contribution in [2.24, 2.45) is 0 Å². The minimum atomic E-state index is 0.664. The summed E-state index contributed by atoms with van der Waals surface area (Å²) in [6, 6.07) is 13.6. The molecule has 0 atom stereocenters. The molecule has 2 rings (SSSR count). The van der Waals surface area contributed by atoms with Gasteiger partial charge in [-0.15, -0.1) is 0 Å². The van der Waals surface area contributed by atoms with Gasteiger partial charge in [0.15, 0.2) is 0 Å². The Balaban J connectivity index is 2.30. The Kier molecular flexibility index (Phi) is 4.67. The number of ether oxygens (including phenoxy) is 1. The normalized spacial score (nSPS) is 10.3. The second-order valence-corrected chi connectivity index (χ2v) is 5.38. The molecule has 0 bridgehead atoms. The molecule has 0 amide bonds. The van der Waals surface area contributed by atoms with Crippen LogP contribution in [-0.4, -0.2) is 6.61 Å². The van der Waals surface area contributed by atoms with Crippen molar-refractivity contribution >= 4 is 33.1 Å². The summed E-state index contributed by atoms with van der Waals surface area (Å²) in [6.07, 6.45) is 0. The molecule has 0 heterocycles. The minimum Gasteiger partial charge on any atom is -0.494 e. The fraction of sp³-hybridized carbons (Fsp3) is 0.125. The van der Waals surface area contributed by atoms with E-state index < -0.39 is 0 Å². The highest BCUT2D eigenvalue weighted by Gasteiger charge is 2.07. The van der Waals surface area contributed by atoms with Gasteiger partial charge >= 0.3 is 0 Å². The highest BCUT2D eigenvalue weighted by molar-refractivity contribution is 9.10. The summed E-state index contributed by atoms with van der Waals surface area (Å²) < 4.78 is 6.41. The monoisotopic (exact) mass is 336 g/mol. The zero-order valence-electron chi connectivity index (χ0n) is 10.6. The van der Waals surface area contributed by atoms with E-state index >= 15 is 0 Å². The molecular weight excluding hydrogens is 324 g/mol. The summed E-state index contributed by atoms with van der Waals surface area (Å²) in [6.45, 7) is 6.76. The van der Waals surface area contributed by atoms with Crippen LogP contribution in [0.2, 0.25) is 5.02 Å². The van der Waals surface area contributed by atoms with E-state index in [-0.39, 0.29) is 0 Å². The van der Waals surface area contributed by atoms with Crippen molar-refractivity contribution in [1.82, 2.24) is 0 Å².